The monoisotopic (exact) mass is 286 g/mol. The number of benzene rings is 2. The molecule has 0 radical (unpaired) electrons. The summed E-state index contributed by atoms with van der Waals surface area (Å²) >= 11 is 0. The smallest absolute Gasteiger partial charge is 0.123 e. The van der Waals surface area contributed by atoms with E-state index in [4.69, 9.17) is 0 Å². The zero-order valence-electron chi connectivity index (χ0n) is 13.0. The van der Waals surface area contributed by atoms with Gasteiger partial charge in [0.1, 0.15) is 5.82 Å². The van der Waals surface area contributed by atoms with Crippen LogP contribution in [-0.2, 0) is 13.1 Å². The first kappa shape index (κ1) is 15.5. The van der Waals surface area contributed by atoms with Crippen LogP contribution >= 0.6 is 0 Å². The molecule has 112 valence electrons. The molecule has 0 bridgehead atoms. The number of rotatable bonds is 6. The molecule has 0 aliphatic carbocycles. The van der Waals surface area contributed by atoms with Crippen LogP contribution in [0.2, 0.25) is 0 Å². The Morgan fingerprint density at radius 3 is 2.57 bits per heavy atom. The summed E-state index contributed by atoms with van der Waals surface area (Å²) in [5.74, 6) is -0.184. The summed E-state index contributed by atoms with van der Waals surface area (Å²) in [6.45, 7) is 6.54. The SMILES string of the molecule is CCNCc1cc(F)ccc1N(C)Cc1ccccc1C. The predicted molar refractivity (Wildman–Crippen MR) is 87.1 cm³/mol. The minimum Gasteiger partial charge on any atom is -0.370 e. The van der Waals surface area contributed by atoms with Crippen LogP contribution in [0.5, 0.6) is 0 Å². The van der Waals surface area contributed by atoms with Gasteiger partial charge >= 0.3 is 0 Å². The average molecular weight is 286 g/mol. The summed E-state index contributed by atoms with van der Waals surface area (Å²) in [5.41, 5.74) is 4.63. The van der Waals surface area contributed by atoms with Crippen LogP contribution in [0.4, 0.5) is 10.1 Å². The molecule has 2 aromatic carbocycles. The second-order valence-corrected chi connectivity index (χ2v) is 5.34. The molecular formula is C18H23FN2. The Morgan fingerprint density at radius 2 is 1.86 bits per heavy atom. The number of nitrogens with zero attached hydrogens (tertiary/aromatic N) is 1. The van der Waals surface area contributed by atoms with Gasteiger partial charge in [-0.3, -0.25) is 0 Å². The van der Waals surface area contributed by atoms with Gasteiger partial charge in [-0.05, 0) is 48.4 Å². The lowest BCUT2D eigenvalue weighted by Crippen LogP contribution is -2.21. The van der Waals surface area contributed by atoms with Gasteiger partial charge in [0, 0.05) is 25.8 Å². The Labute approximate surface area is 126 Å². The molecule has 0 fully saturated rings. The van der Waals surface area contributed by atoms with Gasteiger partial charge in [0.2, 0.25) is 0 Å². The first-order chi connectivity index (χ1) is 10.1. The van der Waals surface area contributed by atoms with Gasteiger partial charge in [0.05, 0.1) is 0 Å². The van der Waals surface area contributed by atoms with Crippen molar-refractivity contribution in [2.24, 2.45) is 0 Å². The Kier molecular flexibility index (Phi) is 5.34. The topological polar surface area (TPSA) is 15.3 Å². The molecule has 0 saturated heterocycles. The molecule has 0 atom stereocenters. The second-order valence-electron chi connectivity index (χ2n) is 5.34. The number of anilines is 1. The van der Waals surface area contributed by atoms with Crippen molar-refractivity contribution < 1.29 is 4.39 Å². The highest BCUT2D eigenvalue weighted by Gasteiger charge is 2.10. The zero-order chi connectivity index (χ0) is 15.2. The van der Waals surface area contributed by atoms with Crippen LogP contribution in [0.1, 0.15) is 23.6 Å². The van der Waals surface area contributed by atoms with Crippen molar-refractivity contribution in [3.05, 3.63) is 65.0 Å². The quantitative estimate of drug-likeness (QED) is 0.867. The molecule has 0 aliphatic heterocycles. The highest BCUT2D eigenvalue weighted by atomic mass is 19.1. The molecular weight excluding hydrogens is 263 g/mol. The molecule has 2 aromatic rings. The molecule has 0 spiro atoms. The zero-order valence-corrected chi connectivity index (χ0v) is 13.0. The van der Waals surface area contributed by atoms with Gasteiger partial charge in [-0.1, -0.05) is 31.2 Å². The van der Waals surface area contributed by atoms with Crippen molar-refractivity contribution >= 4 is 5.69 Å². The van der Waals surface area contributed by atoms with Gasteiger partial charge in [-0.25, -0.2) is 4.39 Å². The van der Waals surface area contributed by atoms with Crippen molar-refractivity contribution in [3.63, 3.8) is 0 Å². The number of nitrogens with one attached hydrogen (secondary N) is 1. The van der Waals surface area contributed by atoms with Crippen LogP contribution in [-0.4, -0.2) is 13.6 Å². The molecule has 21 heavy (non-hydrogen) atoms. The summed E-state index contributed by atoms with van der Waals surface area (Å²) < 4.78 is 13.5. The Morgan fingerprint density at radius 1 is 1.10 bits per heavy atom. The van der Waals surface area contributed by atoms with Crippen molar-refractivity contribution in [1.82, 2.24) is 5.32 Å². The number of hydrogen-bond acceptors (Lipinski definition) is 2. The van der Waals surface area contributed by atoms with Crippen LogP contribution in [0.3, 0.4) is 0 Å². The van der Waals surface area contributed by atoms with E-state index >= 15 is 0 Å². The first-order valence-corrected chi connectivity index (χ1v) is 7.36. The van der Waals surface area contributed by atoms with Crippen molar-refractivity contribution in [1.29, 1.82) is 0 Å². The lowest BCUT2D eigenvalue weighted by atomic mass is 10.1. The van der Waals surface area contributed by atoms with E-state index in [1.165, 1.54) is 17.2 Å². The maximum atomic E-state index is 13.5. The Balaban J connectivity index is 2.22. The molecule has 2 nitrogen and oxygen atoms in total. The van der Waals surface area contributed by atoms with Crippen molar-refractivity contribution in [3.8, 4) is 0 Å². The third-order valence-electron chi connectivity index (χ3n) is 3.69. The van der Waals surface area contributed by atoms with E-state index < -0.39 is 0 Å². The number of hydrogen-bond donors (Lipinski definition) is 1. The Bertz CT molecular complexity index is 596. The maximum absolute atomic E-state index is 13.5. The second kappa shape index (κ2) is 7.23. The van der Waals surface area contributed by atoms with E-state index in [2.05, 4.69) is 49.3 Å². The molecule has 0 aromatic heterocycles. The fourth-order valence-corrected chi connectivity index (χ4v) is 2.46. The minimum absolute atomic E-state index is 0.184. The number of halogens is 1. The first-order valence-electron chi connectivity index (χ1n) is 7.36. The Hall–Kier alpha value is -1.87. The van der Waals surface area contributed by atoms with E-state index in [9.17, 15) is 4.39 Å². The minimum atomic E-state index is -0.184. The molecule has 0 heterocycles. The highest BCUT2D eigenvalue weighted by Crippen LogP contribution is 2.23. The lowest BCUT2D eigenvalue weighted by Gasteiger charge is -2.23. The molecule has 2 rings (SSSR count). The van der Waals surface area contributed by atoms with Crippen LogP contribution in [0.15, 0.2) is 42.5 Å². The largest absolute Gasteiger partial charge is 0.370 e. The summed E-state index contributed by atoms with van der Waals surface area (Å²) in [5, 5.41) is 3.27. The van der Waals surface area contributed by atoms with Gasteiger partial charge in [-0.15, -0.1) is 0 Å². The molecule has 0 saturated carbocycles. The average Bonchev–Trinajstić information content (AvgIpc) is 2.47. The molecule has 0 aliphatic rings. The van der Waals surface area contributed by atoms with E-state index in [0.29, 0.717) is 6.54 Å². The van der Waals surface area contributed by atoms with E-state index in [1.54, 1.807) is 6.07 Å². The fourth-order valence-electron chi connectivity index (χ4n) is 2.46. The third-order valence-corrected chi connectivity index (χ3v) is 3.69. The van der Waals surface area contributed by atoms with Gasteiger partial charge in [0.25, 0.3) is 0 Å². The maximum Gasteiger partial charge on any atom is 0.123 e. The summed E-state index contributed by atoms with van der Waals surface area (Å²) in [4.78, 5) is 2.18. The molecule has 1 N–H and O–H groups in total. The van der Waals surface area contributed by atoms with Crippen LogP contribution in [0.25, 0.3) is 0 Å². The normalized spacial score (nSPS) is 10.7. The molecule has 0 amide bonds. The van der Waals surface area contributed by atoms with E-state index in [0.717, 1.165) is 24.3 Å². The lowest BCUT2D eigenvalue weighted by molar-refractivity contribution is 0.621. The predicted octanol–water partition coefficient (Wildman–Crippen LogP) is 3.88. The van der Waals surface area contributed by atoms with E-state index in [1.807, 2.05) is 12.1 Å². The molecule has 0 unspecified atom stereocenters. The van der Waals surface area contributed by atoms with Crippen molar-refractivity contribution in [2.75, 3.05) is 18.5 Å². The standard InChI is InChI=1S/C18H23FN2/c1-4-20-12-16-11-17(19)9-10-18(16)21(3)13-15-8-6-5-7-14(15)2/h5-11,20H,4,12-13H2,1-3H3. The van der Waals surface area contributed by atoms with Crippen LogP contribution < -0.4 is 10.2 Å². The fraction of sp³-hybridized carbons (Fsp3) is 0.333. The molecule has 3 heteroatoms. The van der Waals surface area contributed by atoms with Crippen LogP contribution in [0, 0.1) is 12.7 Å². The summed E-state index contributed by atoms with van der Waals surface area (Å²) in [7, 11) is 2.05. The summed E-state index contributed by atoms with van der Waals surface area (Å²) in [6, 6.07) is 13.4. The third kappa shape index (κ3) is 4.05. The van der Waals surface area contributed by atoms with E-state index in [-0.39, 0.29) is 5.82 Å². The number of aryl methyl sites for hydroxylation is 1. The summed E-state index contributed by atoms with van der Waals surface area (Å²) in [6.07, 6.45) is 0. The van der Waals surface area contributed by atoms with Gasteiger partial charge < -0.3 is 10.2 Å². The highest BCUT2D eigenvalue weighted by molar-refractivity contribution is 5.54. The van der Waals surface area contributed by atoms with Gasteiger partial charge in [-0.2, -0.15) is 0 Å². The van der Waals surface area contributed by atoms with Crippen molar-refractivity contribution in [2.45, 2.75) is 26.9 Å². The van der Waals surface area contributed by atoms with Gasteiger partial charge in [0.15, 0.2) is 0 Å².